The van der Waals surface area contributed by atoms with Crippen molar-refractivity contribution in [3.63, 3.8) is 0 Å². The van der Waals surface area contributed by atoms with E-state index in [1.54, 1.807) is 0 Å². The van der Waals surface area contributed by atoms with E-state index in [0.29, 0.717) is 0 Å². The van der Waals surface area contributed by atoms with Gasteiger partial charge in [0.1, 0.15) is 0 Å². The molecule has 0 heterocycles. The second kappa shape index (κ2) is 11.2. The summed E-state index contributed by atoms with van der Waals surface area (Å²) in [5, 5.41) is 0. The Hall–Kier alpha value is -4.68. The Morgan fingerprint density at radius 2 is 0.425 bits per heavy atom. The number of rotatable bonds is 8. The summed E-state index contributed by atoms with van der Waals surface area (Å²) in [7, 11) is 0. The molecule has 0 aliphatic rings. The Morgan fingerprint density at radius 3 is 0.575 bits per heavy atom. The summed E-state index contributed by atoms with van der Waals surface area (Å²) in [6.07, 6.45) is 0. The normalized spacial score (nSPS) is 11.8. The standard InChI is InChI=1S/C40H34/c1-32(39(33-20-8-2-9-21-33,34-22-10-3-11-23-34)35-24-12-4-13-25-35)40(36-26-14-5-15-27-36,37-28-16-6-17-29-37)38-30-18-7-19-31-38/h2-32H,1H3. The van der Waals surface area contributed by atoms with Crippen molar-refractivity contribution in [1.29, 1.82) is 0 Å². The van der Waals surface area contributed by atoms with Gasteiger partial charge in [0.2, 0.25) is 0 Å². The lowest BCUT2D eigenvalue weighted by molar-refractivity contribution is 0.296. The van der Waals surface area contributed by atoms with Gasteiger partial charge in [0.15, 0.2) is 0 Å². The first-order chi connectivity index (χ1) is 19.8. The fraction of sp³-hybridized carbons (Fsp3) is 0.100. The molecule has 6 aromatic carbocycles. The topological polar surface area (TPSA) is 0 Å². The fourth-order valence-corrected chi connectivity index (χ4v) is 7.03. The van der Waals surface area contributed by atoms with Gasteiger partial charge in [-0.05, 0) is 39.3 Å². The molecule has 0 radical (unpaired) electrons. The van der Waals surface area contributed by atoms with Crippen molar-refractivity contribution in [3.8, 4) is 0 Å². The highest BCUT2D eigenvalue weighted by Crippen LogP contribution is 2.57. The van der Waals surface area contributed by atoms with Crippen molar-refractivity contribution in [2.45, 2.75) is 17.8 Å². The van der Waals surface area contributed by atoms with Gasteiger partial charge in [-0.25, -0.2) is 0 Å². The molecular formula is C40H34. The molecule has 0 fully saturated rings. The summed E-state index contributed by atoms with van der Waals surface area (Å²) in [6, 6.07) is 66.5. The van der Waals surface area contributed by atoms with Gasteiger partial charge in [0.05, 0.1) is 0 Å². The monoisotopic (exact) mass is 514 g/mol. The van der Waals surface area contributed by atoms with E-state index in [2.05, 4.69) is 189 Å². The maximum atomic E-state index is 2.46. The third kappa shape index (κ3) is 4.17. The van der Waals surface area contributed by atoms with E-state index >= 15 is 0 Å². The molecule has 0 atom stereocenters. The predicted molar refractivity (Wildman–Crippen MR) is 168 cm³/mol. The minimum atomic E-state index is -0.467. The summed E-state index contributed by atoms with van der Waals surface area (Å²) >= 11 is 0. The van der Waals surface area contributed by atoms with Gasteiger partial charge >= 0.3 is 0 Å². The fourth-order valence-electron chi connectivity index (χ4n) is 7.03. The zero-order valence-electron chi connectivity index (χ0n) is 22.9. The van der Waals surface area contributed by atoms with E-state index < -0.39 is 10.8 Å². The average Bonchev–Trinajstić information content (AvgIpc) is 3.05. The van der Waals surface area contributed by atoms with Gasteiger partial charge in [-0.2, -0.15) is 0 Å². The molecular weight excluding hydrogens is 480 g/mol. The largest absolute Gasteiger partial charge is 0.0622 e. The maximum Gasteiger partial charge on any atom is 0.0491 e. The van der Waals surface area contributed by atoms with E-state index in [4.69, 9.17) is 0 Å². The molecule has 0 amide bonds. The van der Waals surface area contributed by atoms with Crippen LogP contribution in [-0.4, -0.2) is 0 Å². The molecule has 0 aromatic heterocycles. The van der Waals surface area contributed by atoms with E-state index in [-0.39, 0.29) is 5.92 Å². The van der Waals surface area contributed by atoms with Gasteiger partial charge in [0, 0.05) is 10.8 Å². The van der Waals surface area contributed by atoms with E-state index in [1.807, 2.05) is 0 Å². The smallest absolute Gasteiger partial charge is 0.0491 e. The summed E-state index contributed by atoms with van der Waals surface area (Å²) in [5.41, 5.74) is 6.77. The van der Waals surface area contributed by atoms with Crippen LogP contribution in [0.15, 0.2) is 182 Å². The molecule has 40 heavy (non-hydrogen) atoms. The highest BCUT2D eigenvalue weighted by molar-refractivity contribution is 5.59. The minimum Gasteiger partial charge on any atom is -0.0622 e. The zero-order valence-corrected chi connectivity index (χ0v) is 22.9. The Morgan fingerprint density at radius 1 is 0.275 bits per heavy atom. The van der Waals surface area contributed by atoms with Gasteiger partial charge < -0.3 is 0 Å². The highest BCUT2D eigenvalue weighted by atomic mass is 14.5. The average molecular weight is 515 g/mol. The van der Waals surface area contributed by atoms with Crippen LogP contribution in [0.4, 0.5) is 0 Å². The molecule has 0 saturated heterocycles. The van der Waals surface area contributed by atoms with Crippen LogP contribution < -0.4 is 0 Å². The first-order valence-corrected chi connectivity index (χ1v) is 14.1. The number of hydrogen-bond donors (Lipinski definition) is 0. The molecule has 0 saturated carbocycles. The summed E-state index contributed by atoms with van der Waals surface area (Å²) < 4.78 is 0. The highest BCUT2D eigenvalue weighted by Gasteiger charge is 2.53. The predicted octanol–water partition coefficient (Wildman–Crippen LogP) is 9.69. The lowest BCUT2D eigenvalue weighted by Crippen LogP contribution is -2.49. The third-order valence-corrected chi connectivity index (χ3v) is 8.67. The van der Waals surface area contributed by atoms with Crippen LogP contribution in [0.5, 0.6) is 0 Å². The maximum absolute atomic E-state index is 2.46. The van der Waals surface area contributed by atoms with E-state index in [1.165, 1.54) is 33.4 Å². The van der Waals surface area contributed by atoms with Crippen molar-refractivity contribution >= 4 is 0 Å². The lowest BCUT2D eigenvalue weighted by atomic mass is 9.50. The van der Waals surface area contributed by atoms with Crippen molar-refractivity contribution in [1.82, 2.24) is 0 Å². The Balaban J connectivity index is 1.81. The molecule has 0 aliphatic heterocycles. The molecule has 0 bridgehead atoms. The number of hydrogen-bond acceptors (Lipinski definition) is 0. The molecule has 194 valence electrons. The second-order valence-corrected chi connectivity index (χ2v) is 10.5. The van der Waals surface area contributed by atoms with Gasteiger partial charge in [-0.3, -0.25) is 0 Å². The third-order valence-electron chi connectivity index (χ3n) is 8.67. The first kappa shape index (κ1) is 25.6. The van der Waals surface area contributed by atoms with Gasteiger partial charge in [-0.15, -0.1) is 0 Å². The van der Waals surface area contributed by atoms with Crippen LogP contribution in [-0.2, 0) is 10.8 Å². The van der Waals surface area contributed by atoms with Crippen LogP contribution in [0.3, 0.4) is 0 Å². The van der Waals surface area contributed by atoms with Gasteiger partial charge in [0.25, 0.3) is 0 Å². The molecule has 0 heteroatoms. The Kier molecular flexibility index (Phi) is 7.17. The van der Waals surface area contributed by atoms with Gasteiger partial charge in [-0.1, -0.05) is 189 Å². The van der Waals surface area contributed by atoms with Crippen molar-refractivity contribution in [2.24, 2.45) is 5.92 Å². The number of benzene rings is 6. The van der Waals surface area contributed by atoms with Crippen LogP contribution in [0, 0.1) is 5.92 Å². The zero-order chi connectivity index (χ0) is 27.3. The van der Waals surface area contributed by atoms with E-state index in [0.717, 1.165) is 0 Å². The quantitative estimate of drug-likeness (QED) is 0.177. The first-order valence-electron chi connectivity index (χ1n) is 14.1. The van der Waals surface area contributed by atoms with Crippen LogP contribution in [0.2, 0.25) is 0 Å². The SMILES string of the molecule is CC(C(c1ccccc1)(c1ccccc1)c1ccccc1)C(c1ccccc1)(c1ccccc1)c1ccccc1. The van der Waals surface area contributed by atoms with Crippen molar-refractivity contribution < 1.29 is 0 Å². The Bertz CT molecular complexity index is 1290. The van der Waals surface area contributed by atoms with Crippen LogP contribution in [0.25, 0.3) is 0 Å². The molecule has 0 unspecified atom stereocenters. The summed E-state index contributed by atoms with van der Waals surface area (Å²) in [4.78, 5) is 0. The molecule has 0 nitrogen and oxygen atoms in total. The Labute approximate surface area is 238 Å². The summed E-state index contributed by atoms with van der Waals surface area (Å²) in [6.45, 7) is 2.46. The molecule has 0 spiro atoms. The molecule has 0 N–H and O–H groups in total. The van der Waals surface area contributed by atoms with Crippen molar-refractivity contribution in [3.05, 3.63) is 215 Å². The van der Waals surface area contributed by atoms with E-state index in [9.17, 15) is 0 Å². The summed E-state index contributed by atoms with van der Waals surface area (Å²) in [5.74, 6) is 0.0550. The molecule has 6 aromatic rings. The molecule has 0 aliphatic carbocycles. The molecule has 6 rings (SSSR count). The van der Waals surface area contributed by atoms with Crippen LogP contribution in [0.1, 0.15) is 40.3 Å². The lowest BCUT2D eigenvalue weighted by Gasteiger charge is -2.52. The minimum absolute atomic E-state index is 0.0550. The second-order valence-electron chi connectivity index (χ2n) is 10.5. The van der Waals surface area contributed by atoms with Crippen molar-refractivity contribution in [2.75, 3.05) is 0 Å². The van der Waals surface area contributed by atoms with Crippen LogP contribution >= 0.6 is 0 Å².